The molecule has 0 amide bonds. The van der Waals surface area contributed by atoms with Crippen molar-refractivity contribution in [2.24, 2.45) is 0 Å². The van der Waals surface area contributed by atoms with Crippen LogP contribution in [0.4, 0.5) is 0 Å². The molecule has 1 aliphatic rings. The zero-order valence-electron chi connectivity index (χ0n) is 17.8. The lowest BCUT2D eigenvalue weighted by Gasteiger charge is -2.37. The fourth-order valence-corrected chi connectivity index (χ4v) is 3.78. The average Bonchev–Trinajstić information content (AvgIpc) is 2.84. The van der Waals surface area contributed by atoms with Crippen molar-refractivity contribution in [1.29, 1.82) is 0 Å². The highest BCUT2D eigenvalue weighted by Gasteiger charge is 2.36. The van der Waals surface area contributed by atoms with Crippen LogP contribution in [0.15, 0.2) is 91.0 Å². The van der Waals surface area contributed by atoms with Crippen LogP contribution in [0.25, 0.3) is 0 Å². The van der Waals surface area contributed by atoms with Crippen LogP contribution < -0.4 is 0 Å². The van der Waals surface area contributed by atoms with E-state index >= 15 is 0 Å². The monoisotopic (exact) mass is 418 g/mol. The van der Waals surface area contributed by atoms with Crippen molar-refractivity contribution in [1.82, 2.24) is 0 Å². The number of hydrogen-bond donors (Lipinski definition) is 0. The Hall–Kier alpha value is -2.50. The van der Waals surface area contributed by atoms with E-state index in [2.05, 4.69) is 36.4 Å². The summed E-state index contributed by atoms with van der Waals surface area (Å²) in [6.45, 7) is 2.76. The van der Waals surface area contributed by atoms with Gasteiger partial charge in [-0.15, -0.1) is 0 Å². The Labute approximate surface area is 184 Å². The van der Waals surface area contributed by atoms with Gasteiger partial charge in [0.25, 0.3) is 0 Å². The van der Waals surface area contributed by atoms with E-state index in [1.165, 1.54) is 0 Å². The van der Waals surface area contributed by atoms with Crippen LogP contribution in [0.2, 0.25) is 0 Å². The van der Waals surface area contributed by atoms with Gasteiger partial charge in [0.1, 0.15) is 12.2 Å². The molecular weight excluding hydrogens is 388 g/mol. The highest BCUT2D eigenvalue weighted by molar-refractivity contribution is 5.15. The Morgan fingerprint density at radius 1 is 0.645 bits per heavy atom. The zero-order valence-corrected chi connectivity index (χ0v) is 17.8. The van der Waals surface area contributed by atoms with Crippen LogP contribution in [0.1, 0.15) is 23.1 Å². The van der Waals surface area contributed by atoms with E-state index in [1.807, 2.05) is 54.6 Å². The van der Waals surface area contributed by atoms with Crippen molar-refractivity contribution in [2.45, 2.75) is 44.6 Å². The third-order valence-electron chi connectivity index (χ3n) is 5.45. The fraction of sp³-hybridized carbons (Fsp3) is 0.333. The van der Waals surface area contributed by atoms with Gasteiger partial charge in [-0.05, 0) is 23.1 Å². The van der Waals surface area contributed by atoms with Crippen molar-refractivity contribution < 1.29 is 18.9 Å². The smallest absolute Gasteiger partial charge is 0.113 e. The molecule has 4 rings (SSSR count). The molecule has 1 heterocycles. The molecule has 3 aromatic carbocycles. The molecule has 3 aromatic rings. The summed E-state index contributed by atoms with van der Waals surface area (Å²) in [7, 11) is 0. The normalized spacial score (nSPS) is 21.1. The molecule has 0 saturated carbocycles. The quantitative estimate of drug-likeness (QED) is 0.456. The molecule has 0 N–H and O–H groups in total. The lowest BCUT2D eigenvalue weighted by molar-refractivity contribution is -0.197. The van der Waals surface area contributed by atoms with E-state index in [0.717, 1.165) is 23.1 Å². The molecule has 0 radical (unpaired) electrons. The van der Waals surface area contributed by atoms with Gasteiger partial charge < -0.3 is 18.9 Å². The molecule has 162 valence electrons. The van der Waals surface area contributed by atoms with Gasteiger partial charge in [-0.3, -0.25) is 0 Å². The van der Waals surface area contributed by atoms with E-state index in [-0.39, 0.29) is 18.3 Å². The minimum atomic E-state index is -0.187. The molecule has 0 spiro atoms. The van der Waals surface area contributed by atoms with Crippen molar-refractivity contribution >= 4 is 0 Å². The number of rotatable bonds is 10. The maximum Gasteiger partial charge on any atom is 0.113 e. The average molecular weight is 419 g/mol. The molecule has 1 saturated heterocycles. The molecule has 3 atom stereocenters. The molecule has 1 aliphatic heterocycles. The van der Waals surface area contributed by atoms with Crippen LogP contribution in [0, 0.1) is 0 Å². The van der Waals surface area contributed by atoms with E-state index in [0.29, 0.717) is 33.0 Å². The molecule has 0 aromatic heterocycles. The number of ether oxygens (including phenoxy) is 4. The summed E-state index contributed by atoms with van der Waals surface area (Å²) >= 11 is 0. The molecule has 1 fully saturated rings. The minimum Gasteiger partial charge on any atom is -0.374 e. The predicted molar refractivity (Wildman–Crippen MR) is 120 cm³/mol. The maximum absolute atomic E-state index is 6.36. The largest absolute Gasteiger partial charge is 0.374 e. The Bertz CT molecular complexity index is 870. The summed E-state index contributed by atoms with van der Waals surface area (Å²) in [5, 5.41) is 0. The first-order valence-electron chi connectivity index (χ1n) is 10.9. The summed E-state index contributed by atoms with van der Waals surface area (Å²) < 4.78 is 24.7. The maximum atomic E-state index is 6.36. The molecule has 2 unspecified atom stereocenters. The molecule has 31 heavy (non-hydrogen) atoms. The van der Waals surface area contributed by atoms with Gasteiger partial charge in [0.15, 0.2) is 0 Å². The van der Waals surface area contributed by atoms with Crippen molar-refractivity contribution in [3.63, 3.8) is 0 Å². The second-order valence-corrected chi connectivity index (χ2v) is 7.79. The molecule has 4 nitrogen and oxygen atoms in total. The van der Waals surface area contributed by atoms with Crippen molar-refractivity contribution in [2.75, 3.05) is 13.2 Å². The summed E-state index contributed by atoms with van der Waals surface area (Å²) in [4.78, 5) is 0. The Morgan fingerprint density at radius 3 is 1.74 bits per heavy atom. The van der Waals surface area contributed by atoms with Gasteiger partial charge in [-0.25, -0.2) is 0 Å². The number of hydrogen-bond acceptors (Lipinski definition) is 4. The van der Waals surface area contributed by atoms with E-state index in [4.69, 9.17) is 18.9 Å². The topological polar surface area (TPSA) is 36.9 Å². The summed E-state index contributed by atoms with van der Waals surface area (Å²) in [6.07, 6.45) is 0.417. The van der Waals surface area contributed by atoms with Crippen LogP contribution in [-0.2, 0) is 38.8 Å². The van der Waals surface area contributed by atoms with Gasteiger partial charge in [-0.2, -0.15) is 0 Å². The number of benzene rings is 3. The van der Waals surface area contributed by atoms with Crippen LogP contribution in [-0.4, -0.2) is 31.5 Å². The third-order valence-corrected chi connectivity index (χ3v) is 5.45. The predicted octanol–water partition coefficient (Wildman–Crippen LogP) is 5.16. The van der Waals surface area contributed by atoms with Crippen LogP contribution in [0.5, 0.6) is 0 Å². The SMILES string of the molecule is c1ccc(COCC2OCC[C@@H](OCc3ccccc3)C2OCc2ccccc2)cc1. The van der Waals surface area contributed by atoms with E-state index in [9.17, 15) is 0 Å². The highest BCUT2D eigenvalue weighted by Crippen LogP contribution is 2.24. The van der Waals surface area contributed by atoms with Gasteiger partial charge >= 0.3 is 0 Å². The van der Waals surface area contributed by atoms with Gasteiger partial charge in [0.2, 0.25) is 0 Å². The van der Waals surface area contributed by atoms with E-state index < -0.39 is 0 Å². The summed E-state index contributed by atoms with van der Waals surface area (Å²) in [5.41, 5.74) is 3.45. The van der Waals surface area contributed by atoms with Crippen LogP contribution in [0.3, 0.4) is 0 Å². The lowest BCUT2D eigenvalue weighted by Crippen LogP contribution is -2.49. The molecule has 4 heteroatoms. The van der Waals surface area contributed by atoms with Crippen molar-refractivity contribution in [3.05, 3.63) is 108 Å². The minimum absolute atomic E-state index is 0.0389. The Kier molecular flexibility index (Phi) is 8.25. The Balaban J connectivity index is 1.38. The second kappa shape index (κ2) is 11.8. The van der Waals surface area contributed by atoms with Gasteiger partial charge in [-0.1, -0.05) is 91.0 Å². The first-order valence-corrected chi connectivity index (χ1v) is 10.9. The Morgan fingerprint density at radius 2 is 1.16 bits per heavy atom. The standard InChI is InChI=1S/C27H30O4/c1-4-10-22(11-5-1)18-28-21-26-27(31-20-24-14-8-3-9-15-24)25(16-17-29-26)30-19-23-12-6-2-7-13-23/h1-15,25-27H,16-21H2/t25-,26?,27?/m1/s1. The molecule has 0 aliphatic carbocycles. The van der Waals surface area contributed by atoms with E-state index in [1.54, 1.807) is 0 Å². The first-order chi connectivity index (χ1) is 15.4. The molecular formula is C27H30O4. The molecule has 0 bridgehead atoms. The second-order valence-electron chi connectivity index (χ2n) is 7.79. The highest BCUT2D eigenvalue weighted by atomic mass is 16.6. The van der Waals surface area contributed by atoms with Crippen LogP contribution >= 0.6 is 0 Å². The van der Waals surface area contributed by atoms with Gasteiger partial charge in [0.05, 0.1) is 32.5 Å². The third kappa shape index (κ3) is 6.74. The zero-order chi connectivity index (χ0) is 21.1. The summed E-state index contributed by atoms with van der Waals surface area (Å²) in [6, 6.07) is 30.7. The first kappa shape index (κ1) is 21.7. The fourth-order valence-electron chi connectivity index (χ4n) is 3.78. The van der Waals surface area contributed by atoms with Crippen molar-refractivity contribution in [3.8, 4) is 0 Å². The lowest BCUT2D eigenvalue weighted by atomic mass is 10.0. The summed E-state index contributed by atoms with van der Waals surface area (Å²) in [5.74, 6) is 0. The van der Waals surface area contributed by atoms with Gasteiger partial charge in [0, 0.05) is 6.61 Å².